The Morgan fingerprint density at radius 2 is 2.24 bits per heavy atom. The Kier molecular flexibility index (Phi) is 3.63. The maximum Gasteiger partial charge on any atom is 0.365 e. The van der Waals surface area contributed by atoms with E-state index in [2.05, 4.69) is 9.89 Å². The minimum absolute atomic E-state index is 0.278. The first-order valence-electron chi connectivity index (χ1n) is 6.05. The van der Waals surface area contributed by atoms with Crippen molar-refractivity contribution in [2.45, 2.75) is 12.5 Å². The van der Waals surface area contributed by atoms with Crippen molar-refractivity contribution in [3.8, 4) is 6.07 Å². The van der Waals surface area contributed by atoms with Crippen LogP contribution in [0.2, 0.25) is 0 Å². The molecule has 1 aromatic rings. The van der Waals surface area contributed by atoms with Crippen LogP contribution in [-0.2, 0) is 19.2 Å². The third kappa shape index (κ3) is 2.10. The molecule has 108 valence electrons. The number of hydrogen-bond acceptors (Lipinski definition) is 6. The standard InChI is InChI=1S/C14H12N2O5/c1-8-11(10-5-3-4-9(6-10)7-15)16-21-14(8,12(17)18)13(19)20-2/h3-6,8H,1-2H3,(H,17,18). The molecule has 2 unspecified atom stereocenters. The fraction of sp³-hybridized carbons (Fsp3) is 0.286. The molecule has 7 heteroatoms. The molecule has 1 N–H and O–H groups in total. The lowest BCUT2D eigenvalue weighted by molar-refractivity contribution is -0.186. The number of methoxy groups -OCH3 is 1. The topological polar surface area (TPSA) is 109 Å². The smallest absolute Gasteiger partial charge is 0.365 e. The van der Waals surface area contributed by atoms with Gasteiger partial charge < -0.3 is 14.7 Å². The number of nitriles is 1. The van der Waals surface area contributed by atoms with Crippen LogP contribution in [0, 0.1) is 17.2 Å². The first-order chi connectivity index (χ1) is 9.97. The predicted molar refractivity (Wildman–Crippen MR) is 70.3 cm³/mol. The van der Waals surface area contributed by atoms with Gasteiger partial charge in [-0.1, -0.05) is 24.2 Å². The van der Waals surface area contributed by atoms with Gasteiger partial charge in [-0.05, 0) is 12.1 Å². The fourth-order valence-electron chi connectivity index (χ4n) is 2.20. The van der Waals surface area contributed by atoms with Gasteiger partial charge in [-0.15, -0.1) is 0 Å². The Labute approximate surface area is 120 Å². The predicted octanol–water partition coefficient (Wildman–Crippen LogP) is 0.925. The van der Waals surface area contributed by atoms with Gasteiger partial charge in [-0.25, -0.2) is 9.59 Å². The first-order valence-corrected chi connectivity index (χ1v) is 6.05. The molecule has 0 amide bonds. The summed E-state index contributed by atoms with van der Waals surface area (Å²) in [4.78, 5) is 28.3. The monoisotopic (exact) mass is 288 g/mol. The van der Waals surface area contributed by atoms with E-state index in [0.29, 0.717) is 11.1 Å². The van der Waals surface area contributed by atoms with Gasteiger partial charge in [0.1, 0.15) is 0 Å². The number of carbonyl (C=O) groups is 2. The number of hydrogen-bond donors (Lipinski definition) is 1. The van der Waals surface area contributed by atoms with E-state index in [9.17, 15) is 14.7 Å². The van der Waals surface area contributed by atoms with Crippen molar-refractivity contribution in [2.24, 2.45) is 11.1 Å². The van der Waals surface area contributed by atoms with Gasteiger partial charge >= 0.3 is 17.5 Å². The molecule has 0 aromatic heterocycles. The molecule has 0 bridgehead atoms. The maximum atomic E-state index is 11.8. The normalized spacial score (nSPS) is 23.7. The zero-order valence-electron chi connectivity index (χ0n) is 11.4. The molecule has 0 aliphatic carbocycles. The van der Waals surface area contributed by atoms with Crippen LogP contribution in [0.4, 0.5) is 0 Å². The lowest BCUT2D eigenvalue weighted by Gasteiger charge is -2.23. The highest BCUT2D eigenvalue weighted by Crippen LogP contribution is 2.34. The molecular weight excluding hydrogens is 276 g/mol. The van der Waals surface area contributed by atoms with Crippen LogP contribution in [0.15, 0.2) is 29.4 Å². The molecule has 0 radical (unpaired) electrons. The van der Waals surface area contributed by atoms with Crippen LogP contribution in [0.25, 0.3) is 0 Å². The summed E-state index contributed by atoms with van der Waals surface area (Å²) >= 11 is 0. The van der Waals surface area contributed by atoms with Gasteiger partial charge in [0, 0.05) is 5.56 Å². The Hall–Kier alpha value is -2.88. The third-order valence-corrected chi connectivity index (χ3v) is 3.40. The van der Waals surface area contributed by atoms with Crippen molar-refractivity contribution in [3.63, 3.8) is 0 Å². The summed E-state index contributed by atoms with van der Waals surface area (Å²) in [6.07, 6.45) is 0. The molecule has 0 fully saturated rings. The Morgan fingerprint density at radius 3 is 2.81 bits per heavy atom. The molecule has 0 saturated carbocycles. The minimum Gasteiger partial charge on any atom is -0.478 e. The molecule has 1 heterocycles. The summed E-state index contributed by atoms with van der Waals surface area (Å²) in [6.45, 7) is 1.51. The van der Waals surface area contributed by atoms with Gasteiger partial charge in [-0.3, -0.25) is 0 Å². The van der Waals surface area contributed by atoms with Gasteiger partial charge in [-0.2, -0.15) is 5.26 Å². The van der Waals surface area contributed by atoms with E-state index in [1.165, 1.54) is 6.92 Å². The van der Waals surface area contributed by atoms with Crippen LogP contribution in [0.5, 0.6) is 0 Å². The summed E-state index contributed by atoms with van der Waals surface area (Å²) in [7, 11) is 1.08. The number of benzene rings is 1. The molecule has 21 heavy (non-hydrogen) atoms. The first kappa shape index (κ1) is 14.5. The van der Waals surface area contributed by atoms with Gasteiger partial charge in [0.15, 0.2) is 0 Å². The number of rotatable bonds is 3. The number of ether oxygens (including phenoxy) is 1. The van der Waals surface area contributed by atoms with Gasteiger partial charge in [0.05, 0.1) is 30.4 Å². The Morgan fingerprint density at radius 1 is 1.52 bits per heavy atom. The van der Waals surface area contributed by atoms with Crippen LogP contribution in [0.3, 0.4) is 0 Å². The number of nitrogens with zero attached hydrogens (tertiary/aromatic N) is 2. The molecule has 1 aromatic carbocycles. The van der Waals surface area contributed by atoms with Crippen molar-refractivity contribution in [1.82, 2.24) is 0 Å². The lowest BCUT2D eigenvalue weighted by Crippen LogP contribution is -2.53. The molecule has 7 nitrogen and oxygen atoms in total. The third-order valence-electron chi connectivity index (χ3n) is 3.40. The lowest BCUT2D eigenvalue weighted by atomic mass is 9.83. The molecular formula is C14H12N2O5. The highest BCUT2D eigenvalue weighted by atomic mass is 16.7. The van der Waals surface area contributed by atoms with Crippen molar-refractivity contribution >= 4 is 17.7 Å². The largest absolute Gasteiger partial charge is 0.478 e. The summed E-state index contributed by atoms with van der Waals surface area (Å²) in [5.74, 6) is -3.37. The van der Waals surface area contributed by atoms with Crippen molar-refractivity contribution in [1.29, 1.82) is 5.26 Å². The number of oxime groups is 1. The summed E-state index contributed by atoms with van der Waals surface area (Å²) in [6, 6.07) is 8.44. The summed E-state index contributed by atoms with van der Waals surface area (Å²) in [5, 5.41) is 22.0. The molecule has 1 aliphatic rings. The molecule has 2 atom stereocenters. The van der Waals surface area contributed by atoms with Crippen LogP contribution < -0.4 is 0 Å². The van der Waals surface area contributed by atoms with E-state index in [4.69, 9.17) is 10.1 Å². The van der Waals surface area contributed by atoms with Gasteiger partial charge in [0.2, 0.25) is 0 Å². The molecule has 2 rings (SSSR count). The number of carboxylic acids is 1. The van der Waals surface area contributed by atoms with E-state index in [1.807, 2.05) is 6.07 Å². The van der Waals surface area contributed by atoms with Crippen molar-refractivity contribution in [2.75, 3.05) is 7.11 Å². The highest BCUT2D eigenvalue weighted by Gasteiger charge is 2.61. The zero-order valence-corrected chi connectivity index (χ0v) is 11.4. The van der Waals surface area contributed by atoms with E-state index in [0.717, 1.165) is 7.11 Å². The van der Waals surface area contributed by atoms with E-state index in [1.54, 1.807) is 24.3 Å². The maximum absolute atomic E-state index is 11.8. The second-order valence-corrected chi connectivity index (χ2v) is 4.51. The van der Waals surface area contributed by atoms with E-state index in [-0.39, 0.29) is 5.71 Å². The van der Waals surface area contributed by atoms with Gasteiger partial charge in [0.25, 0.3) is 0 Å². The van der Waals surface area contributed by atoms with Crippen molar-refractivity contribution in [3.05, 3.63) is 35.4 Å². The fourth-order valence-corrected chi connectivity index (χ4v) is 2.20. The van der Waals surface area contributed by atoms with Crippen molar-refractivity contribution < 1.29 is 24.3 Å². The van der Waals surface area contributed by atoms with E-state index >= 15 is 0 Å². The zero-order chi connectivity index (χ0) is 15.6. The number of aliphatic carboxylic acids is 1. The van der Waals surface area contributed by atoms with Crippen LogP contribution >= 0.6 is 0 Å². The second kappa shape index (κ2) is 5.25. The Balaban J connectivity index is 2.44. The summed E-state index contributed by atoms with van der Waals surface area (Å²) < 4.78 is 4.53. The minimum atomic E-state index is -2.20. The molecule has 0 spiro atoms. The SMILES string of the molecule is COC(=O)C1(C(=O)O)ON=C(c2cccc(C#N)c2)C1C. The van der Waals surface area contributed by atoms with Crippen LogP contribution in [-0.4, -0.2) is 35.5 Å². The van der Waals surface area contributed by atoms with E-state index < -0.39 is 23.5 Å². The molecule has 0 saturated heterocycles. The Bertz CT molecular complexity index is 676. The second-order valence-electron chi connectivity index (χ2n) is 4.51. The number of esters is 1. The average Bonchev–Trinajstić information content (AvgIpc) is 2.85. The average molecular weight is 288 g/mol. The number of carboxylic acid groups (broad SMARTS) is 1. The number of carbonyl (C=O) groups excluding carboxylic acids is 1. The molecule has 1 aliphatic heterocycles. The highest BCUT2D eigenvalue weighted by molar-refractivity contribution is 6.14. The quantitative estimate of drug-likeness (QED) is 0.654. The summed E-state index contributed by atoms with van der Waals surface area (Å²) in [5.41, 5.74) is -1.01. The van der Waals surface area contributed by atoms with Crippen LogP contribution in [0.1, 0.15) is 18.1 Å².